The van der Waals surface area contributed by atoms with Crippen molar-refractivity contribution in [1.29, 1.82) is 0 Å². The molecule has 6 aromatic rings. The monoisotopic (exact) mass is 602 g/mol. The average molecular weight is 603 g/mol. The number of aromatic hydroxyl groups is 9. The Bertz CT molecular complexity index is 2070. The smallest absolute Gasteiger partial charge is 0.238 e. The minimum absolute atomic E-state index is 0.0238. The number of hydrogen-bond donors (Lipinski definition) is 9. The van der Waals surface area contributed by atoms with Gasteiger partial charge in [-0.3, -0.25) is 9.59 Å². The second-order valence-corrected chi connectivity index (χ2v) is 9.58. The van der Waals surface area contributed by atoms with Crippen LogP contribution in [0.25, 0.3) is 44.6 Å². The molecule has 2 aromatic heterocycles. The van der Waals surface area contributed by atoms with E-state index in [-0.39, 0.29) is 79.1 Å². The molecule has 0 bridgehead atoms. The van der Waals surface area contributed by atoms with Gasteiger partial charge in [-0.1, -0.05) is 0 Å². The molecule has 0 atom stereocenters. The van der Waals surface area contributed by atoms with Crippen LogP contribution >= 0.6 is 0 Å². The van der Waals surface area contributed by atoms with Gasteiger partial charge in [0.1, 0.15) is 50.7 Å². The first-order valence-corrected chi connectivity index (χ1v) is 12.5. The molecule has 4 aromatic carbocycles. The molecule has 2 heterocycles. The van der Waals surface area contributed by atoms with Crippen LogP contribution in [0.1, 0.15) is 5.56 Å². The zero-order valence-electron chi connectivity index (χ0n) is 22.4. The predicted molar refractivity (Wildman–Crippen MR) is 156 cm³/mol. The summed E-state index contributed by atoms with van der Waals surface area (Å²) in [5.74, 6) is -3.78. The second kappa shape index (κ2) is 10.7. The fourth-order valence-electron chi connectivity index (χ4n) is 4.45. The lowest BCUT2D eigenvalue weighted by Crippen LogP contribution is -2.07. The van der Waals surface area contributed by atoms with Crippen molar-refractivity contribution >= 4 is 21.9 Å². The van der Waals surface area contributed by atoms with Gasteiger partial charge in [0, 0.05) is 41.0 Å². The van der Waals surface area contributed by atoms with Gasteiger partial charge in [0.25, 0.3) is 0 Å². The number of rotatable bonds is 2. The molecule has 0 amide bonds. The first kappa shape index (κ1) is 29.0. The first-order chi connectivity index (χ1) is 20.8. The van der Waals surface area contributed by atoms with E-state index in [4.69, 9.17) is 8.83 Å². The molecule has 0 aliphatic rings. The van der Waals surface area contributed by atoms with E-state index < -0.39 is 28.1 Å². The lowest BCUT2D eigenvalue weighted by molar-refractivity contribution is 0.403. The van der Waals surface area contributed by atoms with Crippen molar-refractivity contribution in [2.24, 2.45) is 0 Å². The Balaban J connectivity index is 0.000000175. The zero-order chi connectivity index (χ0) is 32.0. The number of phenols is 8. The third-order valence-electron chi connectivity index (χ3n) is 6.60. The third kappa shape index (κ3) is 5.05. The summed E-state index contributed by atoms with van der Waals surface area (Å²) in [6.07, 6.45) is 0. The second-order valence-electron chi connectivity index (χ2n) is 9.58. The minimum Gasteiger partial charge on any atom is -0.508 e. The fourth-order valence-corrected chi connectivity index (χ4v) is 4.45. The normalized spacial score (nSPS) is 10.9. The quantitative estimate of drug-likeness (QED) is 0.123. The van der Waals surface area contributed by atoms with Gasteiger partial charge in [-0.05, 0) is 43.3 Å². The summed E-state index contributed by atoms with van der Waals surface area (Å²) in [5, 5.41) is 85.9. The van der Waals surface area contributed by atoms with Crippen LogP contribution in [0.5, 0.6) is 51.7 Å². The summed E-state index contributed by atoms with van der Waals surface area (Å²) in [6.45, 7) is 1.52. The maximum Gasteiger partial charge on any atom is 0.238 e. The summed E-state index contributed by atoms with van der Waals surface area (Å²) >= 11 is 0. The van der Waals surface area contributed by atoms with Crippen molar-refractivity contribution in [2.45, 2.75) is 6.92 Å². The Morgan fingerprint density at radius 2 is 0.909 bits per heavy atom. The Morgan fingerprint density at radius 1 is 0.477 bits per heavy atom. The predicted octanol–water partition coefficient (Wildman–Crippen LogP) is 4.58. The Hall–Kier alpha value is -6.50. The molecule has 0 spiro atoms. The van der Waals surface area contributed by atoms with Crippen molar-refractivity contribution in [1.82, 2.24) is 0 Å². The highest BCUT2D eigenvalue weighted by Gasteiger charge is 2.20. The molecular weight excluding hydrogens is 580 g/mol. The number of fused-ring (bicyclic) bond motifs is 2. The summed E-state index contributed by atoms with van der Waals surface area (Å²) in [5.41, 5.74) is -0.691. The first-order valence-electron chi connectivity index (χ1n) is 12.5. The van der Waals surface area contributed by atoms with Gasteiger partial charge in [-0.25, -0.2) is 0 Å². The lowest BCUT2D eigenvalue weighted by atomic mass is 10.0. The van der Waals surface area contributed by atoms with Crippen LogP contribution in [0, 0.1) is 6.92 Å². The standard InChI is InChI=1S/C16H12O6.C15H10O7/c1-7-15(21)14-12(20)5-9(17)6-13(14)22-16(7)8-2-3-10(18)11(19)4-8;16-7-4-10(19)12-11(5-7)22-15(14(21)13(12)20)6-1-2-8(17)9(18)3-6/h2-6,17-20H,1H3;1-5,16-19,21H. The Morgan fingerprint density at radius 3 is 1.39 bits per heavy atom. The molecular formula is C31H22O13. The molecule has 44 heavy (non-hydrogen) atoms. The molecule has 0 saturated heterocycles. The average Bonchev–Trinajstić information content (AvgIpc) is 2.95. The van der Waals surface area contributed by atoms with E-state index in [9.17, 15) is 55.5 Å². The van der Waals surface area contributed by atoms with Gasteiger partial charge in [0.2, 0.25) is 11.2 Å². The highest BCUT2D eigenvalue weighted by molar-refractivity contribution is 5.89. The SMILES string of the molecule is Cc1c(-c2ccc(O)c(O)c2)oc2cc(O)cc(O)c2c1=O.O=c1c(O)c(-c2ccc(O)c(O)c2)oc2cc(O)cc(O)c12. The van der Waals surface area contributed by atoms with E-state index in [1.54, 1.807) is 0 Å². The zero-order valence-corrected chi connectivity index (χ0v) is 22.4. The van der Waals surface area contributed by atoms with Crippen LogP contribution in [0.15, 0.2) is 79.1 Å². The van der Waals surface area contributed by atoms with E-state index in [2.05, 4.69) is 0 Å². The van der Waals surface area contributed by atoms with Crippen LogP contribution in [-0.2, 0) is 0 Å². The summed E-state index contributed by atoms with van der Waals surface area (Å²) in [4.78, 5) is 24.5. The minimum atomic E-state index is -0.888. The van der Waals surface area contributed by atoms with Crippen molar-refractivity contribution in [3.63, 3.8) is 0 Å². The van der Waals surface area contributed by atoms with Crippen LogP contribution in [0.3, 0.4) is 0 Å². The van der Waals surface area contributed by atoms with Crippen molar-refractivity contribution in [2.75, 3.05) is 0 Å². The highest BCUT2D eigenvalue weighted by atomic mass is 16.4. The van der Waals surface area contributed by atoms with Crippen LogP contribution in [0.4, 0.5) is 0 Å². The van der Waals surface area contributed by atoms with E-state index in [1.807, 2.05) is 0 Å². The molecule has 6 rings (SSSR count). The van der Waals surface area contributed by atoms with Gasteiger partial charge in [0.15, 0.2) is 34.2 Å². The summed E-state index contributed by atoms with van der Waals surface area (Å²) < 4.78 is 11.0. The van der Waals surface area contributed by atoms with E-state index in [1.165, 1.54) is 37.3 Å². The molecule has 0 aliphatic carbocycles. The van der Waals surface area contributed by atoms with Crippen molar-refractivity contribution in [3.8, 4) is 74.4 Å². The number of benzene rings is 4. The molecule has 13 nitrogen and oxygen atoms in total. The largest absolute Gasteiger partial charge is 0.508 e. The molecule has 0 saturated carbocycles. The molecule has 0 radical (unpaired) electrons. The molecule has 0 unspecified atom stereocenters. The molecule has 9 N–H and O–H groups in total. The topological polar surface area (TPSA) is 242 Å². The lowest BCUT2D eigenvalue weighted by Gasteiger charge is -2.09. The Kier molecular flexibility index (Phi) is 7.07. The number of hydrogen-bond acceptors (Lipinski definition) is 13. The number of phenolic OH excluding ortho intramolecular Hbond substituents is 8. The fraction of sp³-hybridized carbons (Fsp3) is 0.0323. The van der Waals surface area contributed by atoms with E-state index >= 15 is 0 Å². The van der Waals surface area contributed by atoms with Gasteiger partial charge in [-0.2, -0.15) is 0 Å². The van der Waals surface area contributed by atoms with Crippen LogP contribution in [-0.4, -0.2) is 46.0 Å². The highest BCUT2D eigenvalue weighted by Crippen LogP contribution is 2.38. The van der Waals surface area contributed by atoms with Gasteiger partial charge >= 0.3 is 0 Å². The Labute approximate surface area is 244 Å². The van der Waals surface area contributed by atoms with Gasteiger partial charge in [-0.15, -0.1) is 0 Å². The molecule has 13 heteroatoms. The van der Waals surface area contributed by atoms with E-state index in [0.29, 0.717) is 5.56 Å². The van der Waals surface area contributed by atoms with Crippen molar-refractivity contribution in [3.05, 3.63) is 86.7 Å². The van der Waals surface area contributed by atoms with Crippen LogP contribution in [0.2, 0.25) is 0 Å². The maximum atomic E-state index is 12.4. The molecule has 0 aliphatic heterocycles. The summed E-state index contributed by atoms with van der Waals surface area (Å²) in [6, 6.07) is 11.9. The molecule has 0 fully saturated rings. The third-order valence-corrected chi connectivity index (χ3v) is 6.60. The van der Waals surface area contributed by atoms with Crippen LogP contribution < -0.4 is 10.9 Å². The maximum absolute atomic E-state index is 12.4. The van der Waals surface area contributed by atoms with Gasteiger partial charge in [0.05, 0.1) is 0 Å². The van der Waals surface area contributed by atoms with Crippen molar-refractivity contribution < 1.29 is 54.8 Å². The summed E-state index contributed by atoms with van der Waals surface area (Å²) in [7, 11) is 0. The van der Waals surface area contributed by atoms with E-state index in [0.717, 1.165) is 30.3 Å². The van der Waals surface area contributed by atoms with Gasteiger partial charge < -0.3 is 54.8 Å². The molecule has 224 valence electrons.